The second kappa shape index (κ2) is 7.08. The monoisotopic (exact) mass is 401 g/mol. The lowest BCUT2D eigenvalue weighted by Gasteiger charge is -2.14. The topological polar surface area (TPSA) is 30.5 Å². The summed E-state index contributed by atoms with van der Waals surface area (Å²) < 4.78 is 11.8. The van der Waals surface area contributed by atoms with Gasteiger partial charge >= 0.3 is 0 Å². The van der Waals surface area contributed by atoms with Crippen molar-refractivity contribution in [1.82, 2.24) is 5.32 Å². The second-order valence-electron chi connectivity index (χ2n) is 4.32. The van der Waals surface area contributed by atoms with Gasteiger partial charge in [-0.1, -0.05) is 30.4 Å². The Bertz CT molecular complexity index is 569. The molecule has 5 heteroatoms. The molecule has 1 aromatic rings. The van der Waals surface area contributed by atoms with Crippen LogP contribution in [0.3, 0.4) is 0 Å². The lowest BCUT2D eigenvalue weighted by Crippen LogP contribution is -2.27. The van der Waals surface area contributed by atoms with Crippen molar-refractivity contribution in [3.8, 4) is 11.5 Å². The normalized spacial score (nSPS) is 16.8. The van der Waals surface area contributed by atoms with E-state index in [9.17, 15) is 0 Å². The summed E-state index contributed by atoms with van der Waals surface area (Å²) in [6, 6.07) is 5.68. The van der Waals surface area contributed by atoms with Gasteiger partial charge < -0.3 is 14.8 Å². The quantitative estimate of drug-likeness (QED) is 0.605. The Kier molecular flexibility index (Phi) is 5.42. The molecule has 1 atom stereocenters. The van der Waals surface area contributed by atoms with Crippen LogP contribution in [0.2, 0.25) is 0 Å². The van der Waals surface area contributed by atoms with Crippen LogP contribution in [0, 0.1) is 5.92 Å². The van der Waals surface area contributed by atoms with Gasteiger partial charge in [0, 0.05) is 18.0 Å². The summed E-state index contributed by atoms with van der Waals surface area (Å²) in [5.41, 5.74) is 0.929. The highest BCUT2D eigenvalue weighted by Gasteiger charge is 2.13. The van der Waals surface area contributed by atoms with Gasteiger partial charge in [0.05, 0.1) is 14.2 Å². The van der Waals surface area contributed by atoms with E-state index in [1.807, 2.05) is 18.2 Å². The lowest BCUT2D eigenvalue weighted by molar-refractivity contribution is 0.355. The third-order valence-corrected chi connectivity index (χ3v) is 4.62. The molecule has 0 amide bonds. The van der Waals surface area contributed by atoms with Crippen LogP contribution in [-0.2, 0) is 0 Å². The van der Waals surface area contributed by atoms with Gasteiger partial charge in [-0.25, -0.2) is 0 Å². The van der Waals surface area contributed by atoms with Crippen molar-refractivity contribution < 1.29 is 9.47 Å². The number of hydrogen-bond donors (Lipinski definition) is 1. The second-order valence-corrected chi connectivity index (χ2v) is 5.98. The van der Waals surface area contributed by atoms with Gasteiger partial charge in [-0.15, -0.1) is 0 Å². The highest BCUT2D eigenvalue weighted by atomic mass is 127. The van der Waals surface area contributed by atoms with Gasteiger partial charge in [0.15, 0.2) is 11.5 Å². The van der Waals surface area contributed by atoms with Gasteiger partial charge in [-0.05, 0) is 44.4 Å². The van der Waals surface area contributed by atoms with Crippen LogP contribution in [0.15, 0.2) is 40.0 Å². The maximum Gasteiger partial charge on any atom is 0.161 e. The van der Waals surface area contributed by atoms with Crippen LogP contribution in [0.4, 0.5) is 0 Å². The first-order valence-corrected chi connectivity index (χ1v) is 7.68. The third-order valence-electron chi connectivity index (χ3n) is 3.08. The first-order chi connectivity index (χ1) is 9.65. The maximum atomic E-state index is 5.43. The molecule has 106 valence electrons. The van der Waals surface area contributed by atoms with Crippen LogP contribution < -0.4 is 14.8 Å². The molecule has 0 saturated carbocycles. The zero-order chi connectivity index (χ0) is 14.5. The summed E-state index contributed by atoms with van der Waals surface area (Å²) in [6.07, 6.45) is 6.37. The third kappa shape index (κ3) is 3.52. The Morgan fingerprint density at radius 1 is 1.30 bits per heavy atom. The molecular weight excluding hydrogens is 385 g/mol. The van der Waals surface area contributed by atoms with Gasteiger partial charge in [-0.3, -0.25) is 0 Å². The number of thiocarbonyl (C=S) groups is 1. The van der Waals surface area contributed by atoms with Crippen LogP contribution in [0.1, 0.15) is 5.56 Å². The molecule has 0 aliphatic heterocycles. The van der Waals surface area contributed by atoms with E-state index in [-0.39, 0.29) is 0 Å². The molecule has 0 saturated heterocycles. The minimum atomic E-state index is 0.411. The van der Waals surface area contributed by atoms with E-state index in [0.717, 1.165) is 17.1 Å². The SMILES string of the molecule is COc1ccc(C(=S)NCC2C=CC=C2I)cc1OC. The number of rotatable bonds is 5. The summed E-state index contributed by atoms with van der Waals surface area (Å²) in [5.74, 6) is 1.80. The van der Waals surface area contributed by atoms with Gasteiger partial charge in [0.1, 0.15) is 4.99 Å². The number of allylic oxidation sites excluding steroid dienone is 2. The van der Waals surface area contributed by atoms with Crippen LogP contribution in [-0.4, -0.2) is 25.8 Å². The van der Waals surface area contributed by atoms with Gasteiger partial charge in [0.25, 0.3) is 0 Å². The number of nitrogens with one attached hydrogen (secondary N) is 1. The van der Waals surface area contributed by atoms with E-state index in [4.69, 9.17) is 21.7 Å². The molecule has 0 radical (unpaired) electrons. The van der Waals surface area contributed by atoms with E-state index >= 15 is 0 Å². The molecule has 1 aliphatic carbocycles. The standard InChI is InChI=1S/C15H16INO2S/c1-18-13-7-6-10(8-14(13)19-2)15(20)17-9-11-4-3-5-12(11)16/h3-8,11H,9H2,1-2H3,(H,17,20). The van der Waals surface area contributed by atoms with E-state index in [0.29, 0.717) is 17.4 Å². The molecule has 0 aromatic heterocycles. The zero-order valence-corrected chi connectivity index (χ0v) is 14.3. The number of ether oxygens (including phenoxy) is 2. The first-order valence-electron chi connectivity index (χ1n) is 6.20. The van der Waals surface area contributed by atoms with Crippen molar-refractivity contribution in [3.63, 3.8) is 0 Å². The molecular formula is C15H16INO2S. The average molecular weight is 401 g/mol. The van der Waals surface area contributed by atoms with Gasteiger partial charge in [-0.2, -0.15) is 0 Å². The van der Waals surface area contributed by atoms with Crippen molar-refractivity contribution in [2.24, 2.45) is 5.92 Å². The molecule has 1 N–H and O–H groups in total. The zero-order valence-electron chi connectivity index (χ0n) is 11.4. The Morgan fingerprint density at radius 2 is 2.05 bits per heavy atom. The Balaban J connectivity index is 2.02. The van der Waals surface area contributed by atoms with E-state index in [1.165, 1.54) is 3.58 Å². The highest BCUT2D eigenvalue weighted by molar-refractivity contribution is 14.1. The summed E-state index contributed by atoms with van der Waals surface area (Å²) in [7, 11) is 3.24. The van der Waals surface area contributed by atoms with E-state index in [1.54, 1.807) is 14.2 Å². The minimum absolute atomic E-state index is 0.411. The molecule has 3 nitrogen and oxygen atoms in total. The van der Waals surface area contributed by atoms with Gasteiger partial charge in [0.2, 0.25) is 0 Å². The van der Waals surface area contributed by atoms with Crippen molar-refractivity contribution >= 4 is 39.8 Å². The molecule has 1 aliphatic rings. The summed E-state index contributed by atoms with van der Waals surface area (Å²) >= 11 is 7.78. The highest BCUT2D eigenvalue weighted by Crippen LogP contribution is 2.28. The molecule has 0 heterocycles. The average Bonchev–Trinajstić information content (AvgIpc) is 2.89. The van der Waals surface area contributed by atoms with Crippen LogP contribution >= 0.6 is 34.8 Å². The number of methoxy groups -OCH3 is 2. The minimum Gasteiger partial charge on any atom is -0.493 e. The van der Waals surface area contributed by atoms with Crippen LogP contribution in [0.25, 0.3) is 0 Å². The predicted molar refractivity (Wildman–Crippen MR) is 94.0 cm³/mol. The fourth-order valence-corrected chi connectivity index (χ4v) is 2.79. The van der Waals surface area contributed by atoms with Crippen LogP contribution in [0.5, 0.6) is 11.5 Å². The van der Waals surface area contributed by atoms with Crippen molar-refractivity contribution in [2.75, 3.05) is 20.8 Å². The van der Waals surface area contributed by atoms with E-state index in [2.05, 4.69) is 46.1 Å². The molecule has 20 heavy (non-hydrogen) atoms. The van der Waals surface area contributed by atoms with Crippen molar-refractivity contribution in [2.45, 2.75) is 0 Å². The maximum absolute atomic E-state index is 5.43. The largest absolute Gasteiger partial charge is 0.493 e. The molecule has 1 aromatic carbocycles. The molecule has 1 unspecified atom stereocenters. The predicted octanol–water partition coefficient (Wildman–Crippen LogP) is 3.47. The van der Waals surface area contributed by atoms with Crippen molar-refractivity contribution in [3.05, 3.63) is 45.6 Å². The Hall–Kier alpha value is -1.08. The molecule has 0 bridgehead atoms. The molecule has 0 fully saturated rings. The number of halogens is 1. The molecule has 2 rings (SSSR count). The number of benzene rings is 1. The van der Waals surface area contributed by atoms with Crippen molar-refractivity contribution in [1.29, 1.82) is 0 Å². The smallest absolute Gasteiger partial charge is 0.161 e. The fourth-order valence-electron chi connectivity index (χ4n) is 1.94. The molecule has 0 spiro atoms. The Labute approximate surface area is 138 Å². The van der Waals surface area contributed by atoms with E-state index < -0.39 is 0 Å². The summed E-state index contributed by atoms with van der Waals surface area (Å²) in [4.78, 5) is 0.718. The Morgan fingerprint density at radius 3 is 2.65 bits per heavy atom. The fraction of sp³-hybridized carbons (Fsp3) is 0.267. The summed E-state index contributed by atoms with van der Waals surface area (Å²) in [6.45, 7) is 0.804. The number of hydrogen-bond acceptors (Lipinski definition) is 3. The lowest BCUT2D eigenvalue weighted by atomic mass is 10.1. The summed E-state index contributed by atoms with van der Waals surface area (Å²) in [5, 5.41) is 3.30. The first kappa shape index (κ1) is 15.3.